The van der Waals surface area contributed by atoms with Gasteiger partial charge in [0.15, 0.2) is 0 Å². The highest BCUT2D eigenvalue weighted by molar-refractivity contribution is 9.10. The average molecular weight is 328 g/mol. The highest BCUT2D eigenvalue weighted by Crippen LogP contribution is 2.18. The van der Waals surface area contributed by atoms with E-state index in [4.69, 9.17) is 0 Å². The van der Waals surface area contributed by atoms with Crippen molar-refractivity contribution in [1.82, 2.24) is 5.32 Å². The Hall–Kier alpha value is -0.620. The molecule has 0 fully saturated rings. The number of benzene rings is 1. The van der Waals surface area contributed by atoms with Crippen LogP contribution >= 0.6 is 15.9 Å². The van der Waals surface area contributed by atoms with Crippen LogP contribution in [-0.4, -0.2) is 19.3 Å². The molecular weight excluding hydrogens is 314 g/mol. The molecule has 0 aliphatic heterocycles. The Morgan fingerprint density at radius 3 is 2.56 bits per heavy atom. The molecule has 0 saturated carbocycles. The first-order valence-electron chi connectivity index (χ1n) is 5.49. The minimum Gasteiger partial charge on any atom is -0.308 e. The summed E-state index contributed by atoms with van der Waals surface area (Å²) in [7, 11) is 0. The van der Waals surface area contributed by atoms with Crippen LogP contribution in [0.3, 0.4) is 0 Å². The standard InChI is InChI=1S/C12H14BrF4N/c1-8(6-18-7-12(15,16)17)4-9-2-3-10(13)5-11(9)14/h2-3,5,8,18H,4,6-7H2,1H3. The second-order valence-corrected chi connectivity index (χ2v) is 5.21. The number of alkyl halides is 3. The van der Waals surface area contributed by atoms with Gasteiger partial charge in [-0.25, -0.2) is 4.39 Å². The maximum atomic E-state index is 13.5. The number of hydrogen-bond donors (Lipinski definition) is 1. The second-order valence-electron chi connectivity index (χ2n) is 4.29. The molecule has 1 aromatic rings. The lowest BCUT2D eigenvalue weighted by Crippen LogP contribution is -2.32. The lowest BCUT2D eigenvalue weighted by molar-refractivity contribution is -0.125. The van der Waals surface area contributed by atoms with E-state index in [-0.39, 0.29) is 18.3 Å². The molecule has 0 aliphatic rings. The fraction of sp³-hybridized carbons (Fsp3) is 0.500. The Balaban J connectivity index is 2.42. The van der Waals surface area contributed by atoms with Gasteiger partial charge in [-0.1, -0.05) is 28.9 Å². The minimum absolute atomic E-state index is 0.0666. The molecule has 0 amide bonds. The predicted octanol–water partition coefficient (Wildman–Crippen LogP) is 3.92. The van der Waals surface area contributed by atoms with Crippen LogP contribution in [0.2, 0.25) is 0 Å². The molecule has 0 spiro atoms. The molecule has 0 heterocycles. The van der Waals surface area contributed by atoms with Crippen molar-refractivity contribution in [3.05, 3.63) is 34.1 Å². The summed E-state index contributed by atoms with van der Waals surface area (Å²) < 4.78 is 49.9. The molecular formula is C12H14BrF4N. The maximum absolute atomic E-state index is 13.5. The fourth-order valence-corrected chi connectivity index (χ4v) is 1.93. The lowest BCUT2D eigenvalue weighted by Gasteiger charge is -2.14. The molecule has 1 aromatic carbocycles. The molecule has 1 nitrogen and oxygen atoms in total. The monoisotopic (exact) mass is 327 g/mol. The van der Waals surface area contributed by atoms with E-state index in [2.05, 4.69) is 21.2 Å². The van der Waals surface area contributed by atoms with Crippen molar-refractivity contribution in [1.29, 1.82) is 0 Å². The average Bonchev–Trinajstić information content (AvgIpc) is 2.20. The molecule has 102 valence electrons. The Morgan fingerprint density at radius 2 is 2.00 bits per heavy atom. The SMILES string of the molecule is CC(CNCC(F)(F)F)Cc1ccc(Br)cc1F. The zero-order valence-electron chi connectivity index (χ0n) is 9.82. The van der Waals surface area contributed by atoms with E-state index in [1.165, 1.54) is 6.07 Å². The van der Waals surface area contributed by atoms with E-state index in [1.54, 1.807) is 19.1 Å². The topological polar surface area (TPSA) is 12.0 Å². The number of halogens is 5. The van der Waals surface area contributed by atoms with Gasteiger partial charge in [0.1, 0.15) is 5.82 Å². The normalized spacial score (nSPS) is 13.7. The Bertz CT molecular complexity index is 392. The summed E-state index contributed by atoms with van der Waals surface area (Å²) in [5, 5.41) is 2.32. The molecule has 1 N–H and O–H groups in total. The van der Waals surface area contributed by atoms with Gasteiger partial charge in [0.25, 0.3) is 0 Å². The first kappa shape index (κ1) is 15.4. The predicted molar refractivity (Wildman–Crippen MR) is 65.9 cm³/mol. The van der Waals surface area contributed by atoms with Gasteiger partial charge >= 0.3 is 6.18 Å². The third-order valence-corrected chi connectivity index (χ3v) is 2.89. The first-order valence-corrected chi connectivity index (χ1v) is 6.28. The van der Waals surface area contributed by atoms with Crippen molar-refractivity contribution in [2.45, 2.75) is 19.5 Å². The van der Waals surface area contributed by atoms with Crippen LogP contribution in [0.1, 0.15) is 12.5 Å². The maximum Gasteiger partial charge on any atom is 0.401 e. The highest BCUT2D eigenvalue weighted by atomic mass is 79.9. The Kier molecular flexibility index (Phi) is 5.59. The molecule has 1 rings (SSSR count). The first-order chi connectivity index (χ1) is 8.28. The van der Waals surface area contributed by atoms with Crippen LogP contribution in [0.4, 0.5) is 17.6 Å². The minimum atomic E-state index is -4.21. The quantitative estimate of drug-likeness (QED) is 0.808. The Morgan fingerprint density at radius 1 is 1.33 bits per heavy atom. The number of hydrogen-bond acceptors (Lipinski definition) is 1. The fourth-order valence-electron chi connectivity index (χ4n) is 1.60. The van der Waals surface area contributed by atoms with Crippen molar-refractivity contribution >= 4 is 15.9 Å². The molecule has 1 atom stereocenters. The summed E-state index contributed by atoms with van der Waals surface area (Å²) in [4.78, 5) is 0. The van der Waals surface area contributed by atoms with Crippen LogP contribution in [-0.2, 0) is 6.42 Å². The van der Waals surface area contributed by atoms with Crippen molar-refractivity contribution < 1.29 is 17.6 Å². The summed E-state index contributed by atoms with van der Waals surface area (Å²) in [6.07, 6.45) is -3.80. The van der Waals surface area contributed by atoms with Crippen LogP contribution < -0.4 is 5.32 Å². The third-order valence-electron chi connectivity index (χ3n) is 2.40. The van der Waals surface area contributed by atoms with E-state index in [1.807, 2.05) is 0 Å². The third kappa shape index (κ3) is 5.82. The summed E-state index contributed by atoms with van der Waals surface area (Å²) in [6.45, 7) is 0.972. The largest absolute Gasteiger partial charge is 0.401 e. The highest BCUT2D eigenvalue weighted by Gasteiger charge is 2.26. The zero-order chi connectivity index (χ0) is 13.8. The molecule has 0 aliphatic carbocycles. The molecule has 0 aromatic heterocycles. The van der Waals surface area contributed by atoms with Crippen molar-refractivity contribution in [3.8, 4) is 0 Å². The van der Waals surface area contributed by atoms with Crippen LogP contribution in [0.15, 0.2) is 22.7 Å². The van der Waals surface area contributed by atoms with Gasteiger partial charge in [0.2, 0.25) is 0 Å². The van der Waals surface area contributed by atoms with E-state index >= 15 is 0 Å². The molecule has 0 bridgehead atoms. The Labute approximate surface area is 112 Å². The van der Waals surface area contributed by atoms with Gasteiger partial charge in [-0.3, -0.25) is 0 Å². The van der Waals surface area contributed by atoms with E-state index in [9.17, 15) is 17.6 Å². The van der Waals surface area contributed by atoms with E-state index in [0.29, 0.717) is 16.5 Å². The molecule has 6 heteroatoms. The van der Waals surface area contributed by atoms with Crippen LogP contribution in [0, 0.1) is 11.7 Å². The lowest BCUT2D eigenvalue weighted by atomic mass is 10.0. The van der Waals surface area contributed by atoms with Gasteiger partial charge in [0, 0.05) is 4.47 Å². The zero-order valence-corrected chi connectivity index (χ0v) is 11.4. The van der Waals surface area contributed by atoms with Gasteiger partial charge in [-0.2, -0.15) is 13.2 Å². The molecule has 1 unspecified atom stereocenters. The smallest absolute Gasteiger partial charge is 0.308 e. The van der Waals surface area contributed by atoms with Crippen LogP contribution in [0.5, 0.6) is 0 Å². The van der Waals surface area contributed by atoms with Gasteiger partial charge < -0.3 is 5.32 Å². The van der Waals surface area contributed by atoms with Crippen molar-refractivity contribution in [3.63, 3.8) is 0 Å². The van der Waals surface area contributed by atoms with Crippen molar-refractivity contribution in [2.75, 3.05) is 13.1 Å². The summed E-state index contributed by atoms with van der Waals surface area (Å²) in [6, 6.07) is 4.71. The van der Waals surface area contributed by atoms with Gasteiger partial charge in [-0.05, 0) is 36.6 Å². The van der Waals surface area contributed by atoms with Crippen LogP contribution in [0.25, 0.3) is 0 Å². The van der Waals surface area contributed by atoms with Crippen molar-refractivity contribution in [2.24, 2.45) is 5.92 Å². The van der Waals surface area contributed by atoms with Gasteiger partial charge in [0.05, 0.1) is 6.54 Å². The molecule has 0 radical (unpaired) electrons. The van der Waals surface area contributed by atoms with E-state index in [0.717, 1.165) is 0 Å². The van der Waals surface area contributed by atoms with Gasteiger partial charge in [-0.15, -0.1) is 0 Å². The molecule has 0 saturated heterocycles. The number of nitrogens with one attached hydrogen (secondary N) is 1. The van der Waals surface area contributed by atoms with E-state index < -0.39 is 12.7 Å². The number of rotatable bonds is 5. The summed E-state index contributed by atoms with van der Waals surface area (Å²) >= 11 is 3.15. The second kappa shape index (κ2) is 6.52. The summed E-state index contributed by atoms with van der Waals surface area (Å²) in [5.41, 5.74) is 0.513. The molecule has 18 heavy (non-hydrogen) atoms. The summed E-state index contributed by atoms with van der Waals surface area (Å²) in [5.74, 6) is -0.407.